The van der Waals surface area contributed by atoms with Gasteiger partial charge in [-0.05, 0) is 24.6 Å². The molecule has 25 heavy (non-hydrogen) atoms. The zero-order chi connectivity index (χ0) is 18.8. The van der Waals surface area contributed by atoms with Crippen molar-refractivity contribution in [2.24, 2.45) is 0 Å². The zero-order valence-corrected chi connectivity index (χ0v) is 16.8. The first-order valence-corrected chi connectivity index (χ1v) is 9.42. The molecule has 0 bridgehead atoms. The standard InChI is InChI=1S/C16H21Cl2N5OS/c1-9(11-6-5-10(17)7-12(11)18)20-13(24)8-25-15-22-21-14(23(15)19)16(2,3)4/h5-7,9H,8,19H2,1-4H3,(H,20,24). The van der Waals surface area contributed by atoms with Crippen LogP contribution in [0.25, 0.3) is 0 Å². The number of nitrogens with two attached hydrogens (primary N) is 1. The second-order valence-corrected chi connectivity index (χ2v) is 8.46. The molecule has 2 rings (SSSR count). The molecule has 9 heteroatoms. The van der Waals surface area contributed by atoms with Crippen molar-refractivity contribution in [3.8, 4) is 0 Å². The summed E-state index contributed by atoms with van der Waals surface area (Å²) in [7, 11) is 0. The van der Waals surface area contributed by atoms with Gasteiger partial charge in [0.15, 0.2) is 5.82 Å². The number of amides is 1. The predicted octanol–water partition coefficient (Wildman–Crippen LogP) is 3.57. The topological polar surface area (TPSA) is 85.8 Å². The summed E-state index contributed by atoms with van der Waals surface area (Å²) in [6.45, 7) is 7.86. The Morgan fingerprint density at radius 2 is 2.04 bits per heavy atom. The fraction of sp³-hybridized carbons (Fsp3) is 0.438. The summed E-state index contributed by atoms with van der Waals surface area (Å²) in [6, 6.07) is 4.96. The van der Waals surface area contributed by atoms with Crippen molar-refractivity contribution in [1.29, 1.82) is 0 Å². The summed E-state index contributed by atoms with van der Waals surface area (Å²) in [4.78, 5) is 12.2. The second-order valence-electron chi connectivity index (χ2n) is 6.67. The highest BCUT2D eigenvalue weighted by molar-refractivity contribution is 7.99. The van der Waals surface area contributed by atoms with Gasteiger partial charge in [-0.15, -0.1) is 10.2 Å². The van der Waals surface area contributed by atoms with Crippen LogP contribution in [-0.4, -0.2) is 26.5 Å². The molecule has 3 N–H and O–H groups in total. The maximum Gasteiger partial charge on any atom is 0.230 e. The Bertz CT molecular complexity index is 772. The molecule has 1 unspecified atom stereocenters. The van der Waals surface area contributed by atoms with Crippen LogP contribution >= 0.6 is 35.0 Å². The van der Waals surface area contributed by atoms with Gasteiger partial charge in [-0.3, -0.25) is 4.79 Å². The Hall–Kier alpha value is -1.44. The highest BCUT2D eigenvalue weighted by atomic mass is 35.5. The molecule has 0 aliphatic heterocycles. The first-order valence-electron chi connectivity index (χ1n) is 7.67. The van der Waals surface area contributed by atoms with E-state index >= 15 is 0 Å². The molecule has 0 fully saturated rings. The number of benzene rings is 1. The fourth-order valence-electron chi connectivity index (χ4n) is 2.23. The number of nitrogens with one attached hydrogen (secondary N) is 1. The monoisotopic (exact) mass is 401 g/mol. The SMILES string of the molecule is CC(NC(=O)CSc1nnc(C(C)(C)C)n1N)c1ccc(Cl)cc1Cl. The van der Waals surface area contributed by atoms with E-state index in [4.69, 9.17) is 29.0 Å². The lowest BCUT2D eigenvalue weighted by Gasteiger charge is -2.17. The number of hydrogen-bond acceptors (Lipinski definition) is 5. The van der Waals surface area contributed by atoms with Gasteiger partial charge < -0.3 is 11.2 Å². The van der Waals surface area contributed by atoms with Gasteiger partial charge in [0.05, 0.1) is 11.8 Å². The van der Waals surface area contributed by atoms with Crippen molar-refractivity contribution in [2.75, 3.05) is 11.6 Å². The van der Waals surface area contributed by atoms with Gasteiger partial charge in [-0.25, -0.2) is 4.68 Å². The summed E-state index contributed by atoms with van der Waals surface area (Å²) < 4.78 is 1.43. The number of nitrogen functional groups attached to an aromatic ring is 1. The van der Waals surface area contributed by atoms with Gasteiger partial charge in [-0.2, -0.15) is 0 Å². The van der Waals surface area contributed by atoms with Crippen LogP contribution in [0.2, 0.25) is 10.0 Å². The lowest BCUT2D eigenvalue weighted by Crippen LogP contribution is -2.29. The third-order valence-corrected chi connectivity index (χ3v) is 4.98. The van der Waals surface area contributed by atoms with Crippen molar-refractivity contribution in [2.45, 2.75) is 44.3 Å². The predicted molar refractivity (Wildman–Crippen MR) is 103 cm³/mol. The highest BCUT2D eigenvalue weighted by Gasteiger charge is 2.23. The van der Waals surface area contributed by atoms with Crippen LogP contribution in [0.1, 0.15) is 45.1 Å². The van der Waals surface area contributed by atoms with E-state index in [1.807, 2.05) is 27.7 Å². The number of rotatable bonds is 5. The average Bonchev–Trinajstić information content (AvgIpc) is 2.86. The van der Waals surface area contributed by atoms with Crippen LogP contribution in [0.15, 0.2) is 23.4 Å². The molecule has 2 aromatic rings. The van der Waals surface area contributed by atoms with Gasteiger partial charge >= 0.3 is 0 Å². The van der Waals surface area contributed by atoms with E-state index in [0.717, 1.165) is 5.56 Å². The van der Waals surface area contributed by atoms with E-state index < -0.39 is 0 Å². The lowest BCUT2D eigenvalue weighted by molar-refractivity contribution is -0.119. The Labute approximate surface area is 161 Å². The maximum atomic E-state index is 12.2. The molecular weight excluding hydrogens is 381 g/mol. The Morgan fingerprint density at radius 1 is 1.36 bits per heavy atom. The largest absolute Gasteiger partial charge is 0.349 e. The molecule has 0 saturated carbocycles. The molecule has 1 aromatic carbocycles. The molecule has 1 atom stereocenters. The summed E-state index contributed by atoms with van der Waals surface area (Å²) >= 11 is 13.3. The number of halogens is 2. The summed E-state index contributed by atoms with van der Waals surface area (Å²) in [5.74, 6) is 6.70. The first-order chi connectivity index (χ1) is 11.6. The van der Waals surface area contributed by atoms with Crippen LogP contribution in [0, 0.1) is 0 Å². The van der Waals surface area contributed by atoms with E-state index in [0.29, 0.717) is 21.0 Å². The number of hydrogen-bond donors (Lipinski definition) is 2. The molecule has 0 radical (unpaired) electrons. The molecule has 0 aliphatic rings. The van der Waals surface area contributed by atoms with Gasteiger partial charge in [0.25, 0.3) is 0 Å². The quantitative estimate of drug-likeness (QED) is 0.590. The van der Waals surface area contributed by atoms with Crippen LogP contribution in [-0.2, 0) is 10.2 Å². The summed E-state index contributed by atoms with van der Waals surface area (Å²) in [5.41, 5.74) is 0.587. The van der Waals surface area contributed by atoms with E-state index in [2.05, 4.69) is 15.5 Å². The second kappa shape index (κ2) is 7.85. The summed E-state index contributed by atoms with van der Waals surface area (Å²) in [5, 5.41) is 12.6. The van der Waals surface area contributed by atoms with Crippen LogP contribution in [0.4, 0.5) is 0 Å². The van der Waals surface area contributed by atoms with E-state index in [-0.39, 0.29) is 23.1 Å². The maximum absolute atomic E-state index is 12.2. The molecule has 6 nitrogen and oxygen atoms in total. The van der Waals surface area contributed by atoms with Crippen molar-refractivity contribution >= 4 is 40.9 Å². The van der Waals surface area contributed by atoms with Crippen molar-refractivity contribution in [1.82, 2.24) is 20.2 Å². The number of carbonyl (C=O) groups excluding carboxylic acids is 1. The molecule has 0 saturated heterocycles. The minimum absolute atomic E-state index is 0.149. The Kier molecular flexibility index (Phi) is 6.24. The smallest absolute Gasteiger partial charge is 0.230 e. The molecule has 136 valence electrons. The van der Waals surface area contributed by atoms with Gasteiger partial charge in [0, 0.05) is 15.5 Å². The molecule has 1 aromatic heterocycles. The minimum atomic E-state index is -0.237. The van der Waals surface area contributed by atoms with E-state index in [1.54, 1.807) is 18.2 Å². The molecule has 1 amide bonds. The van der Waals surface area contributed by atoms with Crippen LogP contribution in [0.3, 0.4) is 0 Å². The molecule has 0 spiro atoms. The molecular formula is C16H21Cl2N5OS. The highest BCUT2D eigenvalue weighted by Crippen LogP contribution is 2.26. The van der Waals surface area contributed by atoms with Crippen molar-refractivity contribution < 1.29 is 4.79 Å². The number of nitrogens with zero attached hydrogens (tertiary/aromatic N) is 3. The van der Waals surface area contributed by atoms with Crippen LogP contribution in [0.5, 0.6) is 0 Å². The summed E-state index contributed by atoms with van der Waals surface area (Å²) in [6.07, 6.45) is 0. The number of thioether (sulfide) groups is 1. The number of carbonyl (C=O) groups is 1. The third kappa shape index (κ3) is 5.03. The normalized spacial score (nSPS) is 12.9. The zero-order valence-electron chi connectivity index (χ0n) is 14.5. The van der Waals surface area contributed by atoms with Gasteiger partial charge in [-0.1, -0.05) is 61.8 Å². The van der Waals surface area contributed by atoms with E-state index in [9.17, 15) is 4.79 Å². The Morgan fingerprint density at radius 3 is 2.60 bits per heavy atom. The first kappa shape index (κ1) is 19.9. The lowest BCUT2D eigenvalue weighted by atomic mass is 9.96. The van der Waals surface area contributed by atoms with Crippen molar-refractivity contribution in [3.63, 3.8) is 0 Å². The Balaban J connectivity index is 1.96. The fourth-order valence-corrected chi connectivity index (χ4v) is 3.47. The third-order valence-electron chi connectivity index (χ3n) is 3.47. The minimum Gasteiger partial charge on any atom is -0.349 e. The number of aromatic nitrogens is 3. The van der Waals surface area contributed by atoms with Crippen LogP contribution < -0.4 is 11.2 Å². The molecule has 1 heterocycles. The average molecular weight is 402 g/mol. The van der Waals surface area contributed by atoms with Crippen molar-refractivity contribution in [3.05, 3.63) is 39.6 Å². The van der Waals surface area contributed by atoms with Gasteiger partial charge in [0.2, 0.25) is 11.1 Å². The van der Waals surface area contributed by atoms with E-state index in [1.165, 1.54) is 16.4 Å². The van der Waals surface area contributed by atoms with Gasteiger partial charge in [0.1, 0.15) is 0 Å². The molecule has 0 aliphatic carbocycles.